The highest BCUT2D eigenvalue weighted by atomic mass is 35.5. The maximum absolute atomic E-state index is 11.3. The first kappa shape index (κ1) is 16.1. The number of hydrogen-bond donors (Lipinski definition) is 3. The molecule has 3 N–H and O–H groups in total. The summed E-state index contributed by atoms with van der Waals surface area (Å²) in [4.78, 5) is 24.4. The van der Waals surface area contributed by atoms with E-state index in [2.05, 4.69) is 27.8 Å². The van der Waals surface area contributed by atoms with Crippen LogP contribution < -0.4 is 16.0 Å². The predicted octanol–water partition coefficient (Wildman–Crippen LogP) is -0.452. The van der Waals surface area contributed by atoms with Crippen LogP contribution in [0.1, 0.15) is 13.3 Å². The SMILES string of the molecule is CNC(=O)NC(=O)CCN1CCNC(C)C1.Cl. The fourth-order valence-corrected chi connectivity index (χ4v) is 1.73. The Labute approximate surface area is 108 Å². The summed E-state index contributed by atoms with van der Waals surface area (Å²) in [5.41, 5.74) is 0. The Morgan fingerprint density at radius 1 is 1.47 bits per heavy atom. The van der Waals surface area contributed by atoms with Crippen LogP contribution >= 0.6 is 12.4 Å². The van der Waals surface area contributed by atoms with E-state index in [1.807, 2.05) is 0 Å². The molecule has 1 fully saturated rings. The van der Waals surface area contributed by atoms with Crippen LogP contribution in [0.4, 0.5) is 4.79 Å². The van der Waals surface area contributed by atoms with Gasteiger partial charge >= 0.3 is 6.03 Å². The average molecular weight is 265 g/mol. The van der Waals surface area contributed by atoms with E-state index in [1.165, 1.54) is 7.05 Å². The minimum atomic E-state index is -0.446. The Hall–Kier alpha value is -0.850. The number of hydrogen-bond acceptors (Lipinski definition) is 4. The second kappa shape index (κ2) is 8.27. The molecular weight excluding hydrogens is 244 g/mol. The van der Waals surface area contributed by atoms with Gasteiger partial charge in [-0.05, 0) is 6.92 Å². The standard InChI is InChI=1S/C10H20N4O2.ClH/c1-8-7-14(6-4-12-8)5-3-9(15)13-10(16)11-2;/h8,12H,3-7H2,1-2H3,(H2,11,13,15,16);1H. The Morgan fingerprint density at radius 3 is 2.76 bits per heavy atom. The van der Waals surface area contributed by atoms with Crippen LogP contribution in [0, 0.1) is 0 Å². The molecule has 6 nitrogen and oxygen atoms in total. The van der Waals surface area contributed by atoms with Crippen LogP contribution in [0.15, 0.2) is 0 Å². The van der Waals surface area contributed by atoms with Gasteiger partial charge in [0.2, 0.25) is 5.91 Å². The van der Waals surface area contributed by atoms with Gasteiger partial charge in [-0.3, -0.25) is 10.1 Å². The van der Waals surface area contributed by atoms with Gasteiger partial charge in [-0.2, -0.15) is 0 Å². The molecule has 1 saturated heterocycles. The Morgan fingerprint density at radius 2 is 2.18 bits per heavy atom. The largest absolute Gasteiger partial charge is 0.341 e. The molecule has 0 bridgehead atoms. The maximum Gasteiger partial charge on any atom is 0.321 e. The van der Waals surface area contributed by atoms with Gasteiger partial charge in [0.1, 0.15) is 0 Å². The third kappa shape index (κ3) is 6.45. The number of nitrogens with zero attached hydrogens (tertiary/aromatic N) is 1. The second-order valence-electron chi connectivity index (χ2n) is 4.03. The molecule has 0 saturated carbocycles. The lowest BCUT2D eigenvalue weighted by Crippen LogP contribution is -2.50. The number of nitrogens with one attached hydrogen (secondary N) is 3. The van der Waals surface area contributed by atoms with Crippen molar-refractivity contribution in [1.29, 1.82) is 0 Å². The highest BCUT2D eigenvalue weighted by Gasteiger charge is 2.16. The quantitative estimate of drug-likeness (QED) is 0.646. The third-order valence-electron chi connectivity index (χ3n) is 2.59. The van der Waals surface area contributed by atoms with E-state index >= 15 is 0 Å². The molecule has 0 radical (unpaired) electrons. The van der Waals surface area contributed by atoms with Gasteiger partial charge in [0.15, 0.2) is 0 Å². The smallest absolute Gasteiger partial charge is 0.321 e. The van der Waals surface area contributed by atoms with Crippen LogP contribution in [0.5, 0.6) is 0 Å². The average Bonchev–Trinajstić information content (AvgIpc) is 2.26. The van der Waals surface area contributed by atoms with E-state index < -0.39 is 6.03 Å². The molecule has 1 heterocycles. The molecule has 3 amide bonds. The van der Waals surface area contributed by atoms with Crippen molar-refractivity contribution in [2.45, 2.75) is 19.4 Å². The van der Waals surface area contributed by atoms with Crippen molar-refractivity contribution in [2.24, 2.45) is 0 Å². The lowest BCUT2D eigenvalue weighted by molar-refractivity contribution is -0.120. The van der Waals surface area contributed by atoms with Gasteiger partial charge in [-0.1, -0.05) is 0 Å². The summed E-state index contributed by atoms with van der Waals surface area (Å²) in [6.07, 6.45) is 0.361. The number of imide groups is 1. The summed E-state index contributed by atoms with van der Waals surface area (Å²) in [5, 5.41) is 7.93. The molecule has 1 rings (SSSR count). The second-order valence-corrected chi connectivity index (χ2v) is 4.03. The normalized spacial score (nSPS) is 20.2. The number of amides is 3. The van der Waals surface area contributed by atoms with E-state index in [1.54, 1.807) is 0 Å². The minimum Gasteiger partial charge on any atom is -0.341 e. The Bertz CT molecular complexity index is 263. The zero-order valence-corrected chi connectivity index (χ0v) is 11.1. The van der Waals surface area contributed by atoms with Gasteiger partial charge in [0.05, 0.1) is 0 Å². The Balaban J connectivity index is 0.00000256. The third-order valence-corrected chi connectivity index (χ3v) is 2.59. The fraction of sp³-hybridized carbons (Fsp3) is 0.800. The van der Waals surface area contributed by atoms with Crippen molar-refractivity contribution in [3.8, 4) is 0 Å². The van der Waals surface area contributed by atoms with Crippen molar-refractivity contribution in [1.82, 2.24) is 20.9 Å². The number of rotatable bonds is 3. The van der Waals surface area contributed by atoms with Crippen LogP contribution in [0.2, 0.25) is 0 Å². The van der Waals surface area contributed by atoms with E-state index in [-0.39, 0.29) is 18.3 Å². The minimum absolute atomic E-state index is 0. The van der Waals surface area contributed by atoms with Crippen LogP contribution in [-0.4, -0.2) is 56.1 Å². The van der Waals surface area contributed by atoms with Crippen molar-refractivity contribution in [2.75, 3.05) is 33.2 Å². The molecule has 0 aromatic heterocycles. The lowest BCUT2D eigenvalue weighted by Gasteiger charge is -2.31. The molecule has 7 heteroatoms. The van der Waals surface area contributed by atoms with Crippen molar-refractivity contribution in [3.63, 3.8) is 0 Å². The van der Waals surface area contributed by atoms with Crippen molar-refractivity contribution >= 4 is 24.3 Å². The van der Waals surface area contributed by atoms with Crippen LogP contribution in [0.25, 0.3) is 0 Å². The lowest BCUT2D eigenvalue weighted by atomic mass is 10.2. The van der Waals surface area contributed by atoms with Gasteiger partial charge in [-0.25, -0.2) is 4.79 Å². The Kier molecular flexibility index (Phi) is 7.86. The number of halogens is 1. The van der Waals surface area contributed by atoms with Crippen molar-refractivity contribution in [3.05, 3.63) is 0 Å². The van der Waals surface area contributed by atoms with E-state index in [9.17, 15) is 9.59 Å². The molecule has 1 aliphatic rings. The first-order valence-corrected chi connectivity index (χ1v) is 5.59. The number of carbonyl (C=O) groups excluding carboxylic acids is 2. The molecule has 0 aliphatic carbocycles. The van der Waals surface area contributed by atoms with E-state index in [4.69, 9.17) is 0 Å². The van der Waals surface area contributed by atoms with Crippen molar-refractivity contribution < 1.29 is 9.59 Å². The first-order chi connectivity index (χ1) is 7.61. The number of urea groups is 1. The molecular formula is C10H21ClN4O2. The summed E-state index contributed by atoms with van der Waals surface area (Å²) in [7, 11) is 1.49. The monoisotopic (exact) mass is 264 g/mol. The molecule has 1 atom stereocenters. The zero-order valence-electron chi connectivity index (χ0n) is 10.3. The summed E-state index contributed by atoms with van der Waals surface area (Å²) < 4.78 is 0. The molecule has 100 valence electrons. The fourth-order valence-electron chi connectivity index (χ4n) is 1.73. The van der Waals surface area contributed by atoms with Crippen LogP contribution in [-0.2, 0) is 4.79 Å². The zero-order chi connectivity index (χ0) is 12.0. The van der Waals surface area contributed by atoms with E-state index in [0.29, 0.717) is 19.0 Å². The molecule has 0 aromatic carbocycles. The number of piperazine rings is 1. The summed E-state index contributed by atoms with van der Waals surface area (Å²) >= 11 is 0. The van der Waals surface area contributed by atoms with Gasteiger partial charge in [0, 0.05) is 45.7 Å². The van der Waals surface area contributed by atoms with Gasteiger partial charge in [0.25, 0.3) is 0 Å². The molecule has 1 aliphatic heterocycles. The van der Waals surface area contributed by atoms with Crippen LogP contribution in [0.3, 0.4) is 0 Å². The van der Waals surface area contributed by atoms with Gasteiger partial charge < -0.3 is 15.5 Å². The molecule has 1 unspecified atom stereocenters. The van der Waals surface area contributed by atoms with E-state index in [0.717, 1.165) is 19.6 Å². The number of carbonyl (C=O) groups is 2. The highest BCUT2D eigenvalue weighted by Crippen LogP contribution is 1.99. The first-order valence-electron chi connectivity index (χ1n) is 5.59. The topological polar surface area (TPSA) is 73.5 Å². The summed E-state index contributed by atoms with van der Waals surface area (Å²) in [6, 6.07) is 0.0226. The molecule has 17 heavy (non-hydrogen) atoms. The molecule has 0 aromatic rings. The summed E-state index contributed by atoms with van der Waals surface area (Å²) in [5.74, 6) is -0.231. The van der Waals surface area contributed by atoms with Gasteiger partial charge in [-0.15, -0.1) is 12.4 Å². The maximum atomic E-state index is 11.3. The molecule has 0 spiro atoms. The highest BCUT2D eigenvalue weighted by molar-refractivity contribution is 5.94. The summed E-state index contributed by atoms with van der Waals surface area (Å²) in [6.45, 7) is 5.69. The predicted molar refractivity (Wildman–Crippen MR) is 68.4 cm³/mol.